The molecule has 0 atom stereocenters. The number of anilines is 3. The van der Waals surface area contributed by atoms with Crippen molar-refractivity contribution in [1.82, 2.24) is 9.88 Å². The third-order valence-electron chi connectivity index (χ3n) is 5.80. The summed E-state index contributed by atoms with van der Waals surface area (Å²) in [5, 5.41) is 6.16. The Hall–Kier alpha value is -3.16. The second-order valence-electron chi connectivity index (χ2n) is 7.57. The first-order valence-electron chi connectivity index (χ1n) is 10.4. The van der Waals surface area contributed by atoms with Gasteiger partial charge in [0.15, 0.2) is 0 Å². The highest BCUT2D eigenvalue weighted by Crippen LogP contribution is 2.30. The van der Waals surface area contributed by atoms with Crippen LogP contribution in [0.2, 0.25) is 0 Å². The molecule has 8 heteroatoms. The van der Waals surface area contributed by atoms with E-state index < -0.39 is 0 Å². The van der Waals surface area contributed by atoms with Crippen molar-refractivity contribution >= 4 is 23.2 Å². The van der Waals surface area contributed by atoms with Gasteiger partial charge < -0.3 is 29.9 Å². The summed E-state index contributed by atoms with van der Waals surface area (Å²) < 4.78 is 10.7. The summed E-state index contributed by atoms with van der Waals surface area (Å²) in [6.45, 7) is 2.76. The van der Waals surface area contributed by atoms with Crippen LogP contribution in [0.4, 0.5) is 22.0 Å². The molecule has 2 aliphatic rings. The van der Waals surface area contributed by atoms with E-state index in [1.165, 1.54) is 5.56 Å². The number of nitrogens with one attached hydrogen (secondary N) is 2. The van der Waals surface area contributed by atoms with Crippen molar-refractivity contribution in [3.8, 4) is 11.5 Å². The average molecular weight is 412 g/mol. The van der Waals surface area contributed by atoms with Crippen molar-refractivity contribution in [2.24, 2.45) is 0 Å². The lowest BCUT2D eigenvalue weighted by atomic mass is 10.2. The van der Waals surface area contributed by atoms with Crippen LogP contribution in [-0.2, 0) is 12.8 Å². The first-order chi connectivity index (χ1) is 14.6. The fourth-order valence-corrected chi connectivity index (χ4v) is 4.09. The molecule has 2 heterocycles. The first-order valence-corrected chi connectivity index (χ1v) is 10.4. The molecule has 1 saturated heterocycles. The number of urea groups is 1. The van der Waals surface area contributed by atoms with Crippen LogP contribution in [0.15, 0.2) is 24.3 Å². The number of piperazine rings is 1. The zero-order valence-electron chi connectivity index (χ0n) is 17.8. The molecule has 2 amide bonds. The third-order valence-corrected chi connectivity index (χ3v) is 5.80. The number of aromatic nitrogens is 1. The number of pyridine rings is 1. The van der Waals surface area contributed by atoms with Crippen molar-refractivity contribution in [2.75, 3.05) is 63.0 Å². The number of benzene rings is 1. The maximum Gasteiger partial charge on any atom is 0.322 e. The van der Waals surface area contributed by atoms with Gasteiger partial charge in [-0.3, -0.25) is 0 Å². The highest BCUT2D eigenvalue weighted by Gasteiger charge is 2.24. The number of hydrogen-bond acceptors (Lipinski definition) is 6. The predicted molar refractivity (Wildman–Crippen MR) is 118 cm³/mol. The van der Waals surface area contributed by atoms with Crippen LogP contribution in [-0.4, -0.2) is 63.4 Å². The molecule has 4 rings (SSSR count). The van der Waals surface area contributed by atoms with Gasteiger partial charge in [0.2, 0.25) is 0 Å². The van der Waals surface area contributed by atoms with E-state index >= 15 is 0 Å². The number of rotatable bonds is 5. The molecule has 160 valence electrons. The maximum atomic E-state index is 12.9. The van der Waals surface area contributed by atoms with Gasteiger partial charge in [0.1, 0.15) is 17.3 Å². The summed E-state index contributed by atoms with van der Waals surface area (Å²) in [5.41, 5.74) is 4.16. The zero-order valence-corrected chi connectivity index (χ0v) is 17.8. The van der Waals surface area contributed by atoms with Gasteiger partial charge in [0, 0.05) is 62.8 Å². The largest absolute Gasteiger partial charge is 0.497 e. The normalized spacial score (nSPS) is 15.6. The minimum absolute atomic E-state index is 0.0888. The molecule has 8 nitrogen and oxygen atoms in total. The molecule has 1 fully saturated rings. The van der Waals surface area contributed by atoms with Crippen LogP contribution in [0.1, 0.15) is 17.7 Å². The predicted octanol–water partition coefficient (Wildman–Crippen LogP) is 2.98. The number of nitrogens with zero attached hydrogens (tertiary/aromatic N) is 3. The first kappa shape index (κ1) is 20.1. The number of aryl methyl sites for hydroxylation is 2. The summed E-state index contributed by atoms with van der Waals surface area (Å²) >= 11 is 0. The van der Waals surface area contributed by atoms with Crippen LogP contribution in [0.5, 0.6) is 11.5 Å². The number of ether oxygens (including phenoxy) is 2. The molecule has 1 aliphatic carbocycles. The second-order valence-corrected chi connectivity index (χ2v) is 7.57. The summed E-state index contributed by atoms with van der Waals surface area (Å²) in [6.07, 6.45) is 3.16. The highest BCUT2D eigenvalue weighted by molar-refractivity contribution is 5.92. The Morgan fingerprint density at radius 1 is 1.00 bits per heavy atom. The van der Waals surface area contributed by atoms with E-state index in [0.717, 1.165) is 66.7 Å². The van der Waals surface area contributed by atoms with Crippen LogP contribution in [0.25, 0.3) is 0 Å². The molecule has 1 aliphatic heterocycles. The summed E-state index contributed by atoms with van der Waals surface area (Å²) in [6, 6.07) is 7.82. The lowest BCUT2D eigenvalue weighted by Gasteiger charge is -2.36. The minimum Gasteiger partial charge on any atom is -0.497 e. The topological polar surface area (TPSA) is 79.0 Å². The van der Waals surface area contributed by atoms with Gasteiger partial charge >= 0.3 is 6.03 Å². The molecule has 2 N–H and O–H groups in total. The summed E-state index contributed by atoms with van der Waals surface area (Å²) in [5.74, 6) is 2.24. The number of hydrogen-bond donors (Lipinski definition) is 2. The smallest absolute Gasteiger partial charge is 0.322 e. The van der Waals surface area contributed by atoms with E-state index in [9.17, 15) is 4.79 Å². The van der Waals surface area contributed by atoms with Gasteiger partial charge in [-0.15, -0.1) is 0 Å². The van der Waals surface area contributed by atoms with Crippen LogP contribution < -0.4 is 25.0 Å². The van der Waals surface area contributed by atoms with Crippen molar-refractivity contribution in [3.63, 3.8) is 0 Å². The molecular weight excluding hydrogens is 382 g/mol. The molecule has 1 aromatic heterocycles. The summed E-state index contributed by atoms with van der Waals surface area (Å²) in [4.78, 5) is 21.6. The Labute approximate surface area is 177 Å². The fourth-order valence-electron chi connectivity index (χ4n) is 4.09. The standard InChI is InChI=1S/C22H29N5O3/c1-23-21-20(11-15-5-4-6-19(15)24-21)25-22(28)27-9-7-26(8-10-27)16-12-17(29-2)14-18(13-16)30-3/h11-14H,4-10H2,1-3H3,(H,23,24)(H,25,28). The van der Waals surface area contributed by atoms with E-state index in [2.05, 4.69) is 26.6 Å². The van der Waals surface area contributed by atoms with E-state index in [0.29, 0.717) is 13.1 Å². The molecule has 30 heavy (non-hydrogen) atoms. The van der Waals surface area contributed by atoms with Crippen LogP contribution >= 0.6 is 0 Å². The Morgan fingerprint density at radius 3 is 2.33 bits per heavy atom. The van der Waals surface area contributed by atoms with E-state index in [1.807, 2.05) is 30.1 Å². The molecule has 1 aromatic carbocycles. The Bertz CT molecular complexity index is 903. The molecular formula is C22H29N5O3. The quantitative estimate of drug-likeness (QED) is 0.788. The minimum atomic E-state index is -0.0888. The van der Waals surface area contributed by atoms with Gasteiger partial charge in [0.05, 0.1) is 19.9 Å². The Morgan fingerprint density at radius 2 is 1.70 bits per heavy atom. The maximum absolute atomic E-state index is 12.9. The lowest BCUT2D eigenvalue weighted by molar-refractivity contribution is 0.208. The second kappa shape index (κ2) is 8.69. The number of carbonyl (C=O) groups is 1. The van der Waals surface area contributed by atoms with Gasteiger partial charge in [-0.1, -0.05) is 0 Å². The third kappa shape index (κ3) is 4.08. The van der Waals surface area contributed by atoms with Gasteiger partial charge in [-0.2, -0.15) is 0 Å². The Balaban J connectivity index is 1.41. The number of carbonyl (C=O) groups excluding carboxylic acids is 1. The van der Waals surface area contributed by atoms with E-state index in [-0.39, 0.29) is 6.03 Å². The van der Waals surface area contributed by atoms with Crippen molar-refractivity contribution < 1.29 is 14.3 Å². The van der Waals surface area contributed by atoms with Gasteiger partial charge in [0.25, 0.3) is 0 Å². The zero-order chi connectivity index (χ0) is 21.1. The SMILES string of the molecule is CNc1nc2c(cc1NC(=O)N1CCN(c3cc(OC)cc(OC)c3)CC1)CCC2. The number of methoxy groups -OCH3 is 2. The van der Waals surface area contributed by atoms with Crippen molar-refractivity contribution in [1.29, 1.82) is 0 Å². The van der Waals surface area contributed by atoms with Gasteiger partial charge in [-0.05, 0) is 30.9 Å². The molecule has 0 unspecified atom stereocenters. The van der Waals surface area contributed by atoms with Gasteiger partial charge in [-0.25, -0.2) is 9.78 Å². The molecule has 0 spiro atoms. The van der Waals surface area contributed by atoms with Crippen LogP contribution in [0, 0.1) is 0 Å². The van der Waals surface area contributed by atoms with Crippen molar-refractivity contribution in [3.05, 3.63) is 35.5 Å². The number of fused-ring (bicyclic) bond motifs is 1. The number of amides is 2. The highest BCUT2D eigenvalue weighted by atomic mass is 16.5. The van der Waals surface area contributed by atoms with E-state index in [1.54, 1.807) is 14.2 Å². The average Bonchev–Trinajstić information content (AvgIpc) is 3.25. The summed E-state index contributed by atoms with van der Waals surface area (Å²) in [7, 11) is 5.13. The molecule has 0 radical (unpaired) electrons. The van der Waals surface area contributed by atoms with Crippen LogP contribution in [0.3, 0.4) is 0 Å². The Kier molecular flexibility index (Phi) is 5.83. The van der Waals surface area contributed by atoms with E-state index in [4.69, 9.17) is 9.47 Å². The molecule has 0 bridgehead atoms. The molecule has 0 saturated carbocycles. The van der Waals surface area contributed by atoms with Crippen molar-refractivity contribution in [2.45, 2.75) is 19.3 Å². The monoisotopic (exact) mass is 411 g/mol. The molecule has 2 aromatic rings. The lowest BCUT2D eigenvalue weighted by Crippen LogP contribution is -2.50. The fraction of sp³-hybridized carbons (Fsp3) is 0.455.